The zero-order valence-electron chi connectivity index (χ0n) is 11.9. The van der Waals surface area contributed by atoms with Gasteiger partial charge in [-0.15, -0.1) is 0 Å². The van der Waals surface area contributed by atoms with Gasteiger partial charge < -0.3 is 4.98 Å². The highest BCUT2D eigenvalue weighted by atomic mass is 16.2. The number of fused-ring (bicyclic) bond motifs is 1. The predicted octanol–water partition coefficient (Wildman–Crippen LogP) is 2.22. The molecule has 0 spiro atoms. The zero-order valence-corrected chi connectivity index (χ0v) is 11.9. The number of hydrogen-bond donors (Lipinski definition) is 1. The molecule has 5 heteroatoms. The summed E-state index contributed by atoms with van der Waals surface area (Å²) >= 11 is 0. The first-order valence-corrected chi connectivity index (χ1v) is 6.71. The Kier molecular flexibility index (Phi) is 3.17. The van der Waals surface area contributed by atoms with Crippen LogP contribution >= 0.6 is 0 Å². The van der Waals surface area contributed by atoms with Crippen molar-refractivity contribution >= 4 is 16.8 Å². The number of hydrogen-bond acceptors (Lipinski definition) is 3. The molecule has 21 heavy (non-hydrogen) atoms. The van der Waals surface area contributed by atoms with Gasteiger partial charge in [-0.3, -0.25) is 14.2 Å². The number of nitrogens with one attached hydrogen (secondary N) is 1. The van der Waals surface area contributed by atoms with E-state index in [4.69, 9.17) is 0 Å². The number of aromatic nitrogens is 3. The molecule has 2 aromatic heterocycles. The topological polar surface area (TPSA) is 67.8 Å². The van der Waals surface area contributed by atoms with Crippen LogP contribution in [0, 0.1) is 13.8 Å². The van der Waals surface area contributed by atoms with E-state index in [1.165, 1.54) is 6.20 Å². The summed E-state index contributed by atoms with van der Waals surface area (Å²) in [6.45, 7) is 3.59. The van der Waals surface area contributed by atoms with Crippen LogP contribution in [0.3, 0.4) is 0 Å². The normalized spacial score (nSPS) is 11.0. The summed E-state index contributed by atoms with van der Waals surface area (Å²) in [6, 6.07) is 9.66. The molecule has 5 nitrogen and oxygen atoms in total. The summed E-state index contributed by atoms with van der Waals surface area (Å²) in [5, 5.41) is 1.01. The molecule has 0 amide bonds. The van der Waals surface area contributed by atoms with Gasteiger partial charge in [0.1, 0.15) is 5.82 Å². The lowest BCUT2D eigenvalue weighted by molar-refractivity contribution is 0.0917. The van der Waals surface area contributed by atoms with Gasteiger partial charge in [0.25, 0.3) is 5.56 Å². The summed E-state index contributed by atoms with van der Waals surface area (Å²) < 4.78 is 1.65. The fourth-order valence-electron chi connectivity index (χ4n) is 2.50. The standard InChI is InChI=1S/C16H15N3O2/c1-10-7-12-5-3-4-6-14(12)19(10)15(20)8-13-9-17-11(2)18-16(13)21/h3-7,9H,8H2,1-2H3,(H,17,18,21). The van der Waals surface area contributed by atoms with E-state index in [0.717, 1.165) is 16.6 Å². The molecule has 0 aliphatic rings. The Balaban J connectivity index is 2.01. The minimum Gasteiger partial charge on any atom is -0.311 e. The van der Waals surface area contributed by atoms with Gasteiger partial charge in [-0.05, 0) is 26.0 Å². The van der Waals surface area contributed by atoms with E-state index in [2.05, 4.69) is 9.97 Å². The van der Waals surface area contributed by atoms with Crippen LogP contribution in [0.2, 0.25) is 0 Å². The summed E-state index contributed by atoms with van der Waals surface area (Å²) in [4.78, 5) is 31.0. The van der Waals surface area contributed by atoms with Crippen LogP contribution < -0.4 is 5.56 Å². The Morgan fingerprint density at radius 3 is 2.81 bits per heavy atom. The third kappa shape index (κ3) is 2.38. The maximum atomic E-state index is 12.5. The van der Waals surface area contributed by atoms with Crippen molar-refractivity contribution in [1.29, 1.82) is 0 Å². The number of nitrogens with zero attached hydrogens (tertiary/aromatic N) is 2. The largest absolute Gasteiger partial charge is 0.311 e. The lowest BCUT2D eigenvalue weighted by Crippen LogP contribution is -2.22. The van der Waals surface area contributed by atoms with Crippen LogP contribution in [0.1, 0.15) is 21.9 Å². The SMILES string of the molecule is Cc1ncc(CC(=O)n2c(C)cc3ccccc32)c(=O)[nH]1. The van der Waals surface area contributed by atoms with Crippen molar-refractivity contribution in [3.05, 3.63) is 64.0 Å². The van der Waals surface area contributed by atoms with Crippen molar-refractivity contribution in [2.45, 2.75) is 20.3 Å². The molecular formula is C16H15N3O2. The van der Waals surface area contributed by atoms with Crippen LogP contribution in [0.4, 0.5) is 0 Å². The van der Waals surface area contributed by atoms with Crippen molar-refractivity contribution in [3.63, 3.8) is 0 Å². The molecule has 106 valence electrons. The van der Waals surface area contributed by atoms with E-state index in [9.17, 15) is 9.59 Å². The van der Waals surface area contributed by atoms with E-state index in [1.807, 2.05) is 37.3 Å². The van der Waals surface area contributed by atoms with E-state index >= 15 is 0 Å². The highest BCUT2D eigenvalue weighted by molar-refractivity contribution is 5.94. The van der Waals surface area contributed by atoms with E-state index in [-0.39, 0.29) is 17.9 Å². The summed E-state index contributed by atoms with van der Waals surface area (Å²) in [5.74, 6) is 0.406. The molecule has 1 aromatic carbocycles. The van der Waals surface area contributed by atoms with Gasteiger partial charge in [0.15, 0.2) is 0 Å². The van der Waals surface area contributed by atoms with Crippen LogP contribution in [-0.2, 0) is 6.42 Å². The number of carbonyl (C=O) groups is 1. The third-order valence-corrected chi connectivity index (χ3v) is 3.49. The molecule has 0 aliphatic heterocycles. The minimum absolute atomic E-state index is 0.0299. The summed E-state index contributed by atoms with van der Waals surface area (Å²) in [7, 11) is 0. The van der Waals surface area contributed by atoms with Gasteiger partial charge in [-0.25, -0.2) is 4.98 Å². The number of carbonyl (C=O) groups excluding carboxylic acids is 1. The summed E-state index contributed by atoms with van der Waals surface area (Å²) in [6.07, 6.45) is 1.50. The van der Waals surface area contributed by atoms with Gasteiger partial charge >= 0.3 is 0 Å². The van der Waals surface area contributed by atoms with Crippen molar-refractivity contribution in [1.82, 2.24) is 14.5 Å². The average Bonchev–Trinajstić information content (AvgIpc) is 2.77. The van der Waals surface area contributed by atoms with E-state index in [1.54, 1.807) is 11.5 Å². The predicted molar refractivity (Wildman–Crippen MR) is 80.6 cm³/mol. The maximum Gasteiger partial charge on any atom is 0.254 e. The monoisotopic (exact) mass is 281 g/mol. The first-order chi connectivity index (χ1) is 10.1. The van der Waals surface area contributed by atoms with Crippen LogP contribution in [0.5, 0.6) is 0 Å². The fraction of sp³-hybridized carbons (Fsp3) is 0.188. The Hall–Kier alpha value is -2.69. The van der Waals surface area contributed by atoms with Crippen molar-refractivity contribution in [3.8, 4) is 0 Å². The number of aromatic amines is 1. The number of aryl methyl sites for hydroxylation is 2. The second-order valence-electron chi connectivity index (χ2n) is 5.07. The van der Waals surface area contributed by atoms with Crippen molar-refractivity contribution < 1.29 is 4.79 Å². The van der Waals surface area contributed by atoms with Crippen LogP contribution in [0.25, 0.3) is 10.9 Å². The molecule has 0 saturated carbocycles. The van der Waals surface area contributed by atoms with Crippen molar-refractivity contribution in [2.24, 2.45) is 0 Å². The molecule has 0 fully saturated rings. The molecule has 0 aliphatic carbocycles. The minimum atomic E-state index is -0.259. The Morgan fingerprint density at radius 1 is 1.29 bits per heavy atom. The second kappa shape index (κ2) is 5.01. The third-order valence-electron chi connectivity index (χ3n) is 3.49. The highest BCUT2D eigenvalue weighted by Crippen LogP contribution is 2.19. The number of benzene rings is 1. The molecule has 3 aromatic rings. The molecule has 0 radical (unpaired) electrons. The molecular weight excluding hydrogens is 266 g/mol. The number of H-pyrrole nitrogens is 1. The Labute approximate surface area is 121 Å². The Morgan fingerprint density at radius 2 is 2.05 bits per heavy atom. The van der Waals surface area contributed by atoms with Gasteiger partial charge in [0, 0.05) is 22.8 Å². The molecule has 1 N–H and O–H groups in total. The van der Waals surface area contributed by atoms with Crippen LogP contribution in [0.15, 0.2) is 41.3 Å². The van der Waals surface area contributed by atoms with Gasteiger partial charge in [-0.1, -0.05) is 18.2 Å². The Bertz CT molecular complexity index is 890. The average molecular weight is 281 g/mol. The fourth-order valence-corrected chi connectivity index (χ4v) is 2.50. The number of rotatable bonds is 2. The van der Waals surface area contributed by atoms with Crippen molar-refractivity contribution in [2.75, 3.05) is 0 Å². The van der Waals surface area contributed by atoms with E-state index in [0.29, 0.717) is 11.4 Å². The second-order valence-corrected chi connectivity index (χ2v) is 5.07. The smallest absolute Gasteiger partial charge is 0.254 e. The van der Waals surface area contributed by atoms with Gasteiger partial charge in [0.05, 0.1) is 11.9 Å². The lowest BCUT2D eigenvalue weighted by Gasteiger charge is -2.06. The van der Waals surface area contributed by atoms with Gasteiger partial charge in [0.2, 0.25) is 5.91 Å². The number of para-hydroxylation sites is 1. The van der Waals surface area contributed by atoms with Crippen LogP contribution in [-0.4, -0.2) is 20.4 Å². The molecule has 3 rings (SSSR count). The lowest BCUT2D eigenvalue weighted by atomic mass is 10.2. The maximum absolute atomic E-state index is 12.5. The molecule has 0 bridgehead atoms. The van der Waals surface area contributed by atoms with E-state index < -0.39 is 0 Å². The summed E-state index contributed by atoms with van der Waals surface area (Å²) in [5.41, 5.74) is 1.84. The quantitative estimate of drug-likeness (QED) is 0.783. The molecule has 0 saturated heterocycles. The molecule has 0 atom stereocenters. The molecule has 2 heterocycles. The highest BCUT2D eigenvalue weighted by Gasteiger charge is 2.14. The first-order valence-electron chi connectivity index (χ1n) is 6.71. The van der Waals surface area contributed by atoms with Gasteiger partial charge in [-0.2, -0.15) is 0 Å². The first kappa shape index (κ1) is 13.3. The zero-order chi connectivity index (χ0) is 15.0. The molecule has 0 unspecified atom stereocenters.